The van der Waals surface area contributed by atoms with E-state index in [2.05, 4.69) is 4.98 Å². The third-order valence-corrected chi connectivity index (χ3v) is 2.53. The van der Waals surface area contributed by atoms with Gasteiger partial charge in [0, 0.05) is 11.6 Å². The van der Waals surface area contributed by atoms with E-state index >= 15 is 0 Å². The minimum atomic E-state index is -1.21. The van der Waals surface area contributed by atoms with Crippen LogP contribution in [0.15, 0.2) is 29.2 Å². The number of nitro groups is 3. The summed E-state index contributed by atoms with van der Waals surface area (Å²) in [5.41, 5.74) is -1.21. The van der Waals surface area contributed by atoms with Gasteiger partial charge in [-0.05, 0) is 0 Å². The summed E-state index contributed by atoms with van der Waals surface area (Å²) in [7, 11) is 0. The van der Waals surface area contributed by atoms with Gasteiger partial charge < -0.3 is 5.11 Å². The molecule has 0 amide bonds. The van der Waals surface area contributed by atoms with Crippen molar-refractivity contribution in [2.75, 3.05) is 0 Å². The van der Waals surface area contributed by atoms with Gasteiger partial charge in [0.15, 0.2) is 0 Å². The largest absolute Gasteiger partial charge is 0.497 e. The van der Waals surface area contributed by atoms with Gasteiger partial charge in [0.2, 0.25) is 0 Å². The van der Waals surface area contributed by atoms with E-state index in [0.717, 1.165) is 0 Å². The molecule has 0 aliphatic carbocycles. The average molecular weight is 314 g/mol. The van der Waals surface area contributed by atoms with Crippen molar-refractivity contribution in [2.45, 2.75) is 0 Å². The zero-order chi connectivity index (χ0) is 16.0. The van der Waals surface area contributed by atoms with Crippen molar-refractivity contribution in [1.29, 1.82) is 0 Å². The molecule has 0 saturated heterocycles. The Morgan fingerprint density at radius 3 is 1.76 bits per heavy atom. The van der Waals surface area contributed by atoms with Crippen LogP contribution in [0.2, 0.25) is 0 Å². The van der Waals surface area contributed by atoms with Crippen LogP contribution >= 0.6 is 11.3 Å². The maximum absolute atomic E-state index is 10.4. The van der Waals surface area contributed by atoms with Crippen molar-refractivity contribution < 1.29 is 19.9 Å². The van der Waals surface area contributed by atoms with Crippen LogP contribution in [-0.2, 0) is 0 Å². The summed E-state index contributed by atoms with van der Waals surface area (Å²) >= 11 is 1.60. The number of aromatic nitrogens is 1. The second-order valence-corrected chi connectivity index (χ2v) is 4.03. The van der Waals surface area contributed by atoms with Crippen LogP contribution in [0.1, 0.15) is 0 Å². The summed E-state index contributed by atoms with van der Waals surface area (Å²) in [6.07, 6.45) is 1.77. The van der Waals surface area contributed by atoms with Crippen LogP contribution in [0.4, 0.5) is 17.1 Å². The van der Waals surface area contributed by atoms with Gasteiger partial charge in [-0.2, -0.15) is 0 Å². The first-order valence-electron chi connectivity index (χ1n) is 4.97. The number of non-ortho nitro benzene ring substituents is 1. The van der Waals surface area contributed by atoms with Crippen molar-refractivity contribution >= 4 is 28.4 Å². The summed E-state index contributed by atoms with van der Waals surface area (Å²) < 4.78 is 0. The fourth-order valence-corrected chi connectivity index (χ4v) is 1.50. The van der Waals surface area contributed by atoms with E-state index in [-0.39, 0.29) is 0 Å². The average Bonchev–Trinajstić information content (AvgIpc) is 2.96. The van der Waals surface area contributed by atoms with Crippen LogP contribution in [0.25, 0.3) is 0 Å². The molecule has 0 aliphatic heterocycles. The van der Waals surface area contributed by atoms with E-state index in [1.807, 2.05) is 5.38 Å². The fraction of sp³-hybridized carbons (Fsp3) is 0. The molecule has 0 aliphatic rings. The highest BCUT2D eigenvalue weighted by Crippen LogP contribution is 2.38. The van der Waals surface area contributed by atoms with Crippen LogP contribution in [0.3, 0.4) is 0 Å². The number of aromatic hydroxyl groups is 1. The van der Waals surface area contributed by atoms with E-state index in [9.17, 15) is 30.3 Å². The van der Waals surface area contributed by atoms with Gasteiger partial charge in [0.05, 0.1) is 32.4 Å². The Hall–Kier alpha value is -3.15. The third kappa shape index (κ3) is 4.17. The molecule has 11 nitrogen and oxygen atoms in total. The Morgan fingerprint density at radius 2 is 1.52 bits per heavy atom. The standard InChI is InChI=1S/C6H3N3O7.C3H3NS/c10-6-4(8(13)14)1-3(7(11)12)2-5(6)9(15)16;1-2-5-3-4-1/h1-2,10H;1-3H. The van der Waals surface area contributed by atoms with Gasteiger partial charge in [-0.25, -0.2) is 0 Å². The van der Waals surface area contributed by atoms with Crippen LogP contribution in [-0.4, -0.2) is 24.9 Å². The third-order valence-electron chi connectivity index (χ3n) is 2.01. The van der Waals surface area contributed by atoms with E-state index in [1.165, 1.54) is 0 Å². The number of benzene rings is 1. The first kappa shape index (κ1) is 15.9. The molecule has 110 valence electrons. The first-order chi connectivity index (χ1) is 9.84. The van der Waals surface area contributed by atoms with Gasteiger partial charge in [-0.1, -0.05) is 0 Å². The second kappa shape index (κ2) is 6.85. The Morgan fingerprint density at radius 1 is 1.00 bits per heavy atom. The van der Waals surface area contributed by atoms with Gasteiger partial charge >= 0.3 is 11.4 Å². The molecule has 0 atom stereocenters. The number of phenols is 1. The highest BCUT2D eigenvalue weighted by atomic mass is 32.1. The quantitative estimate of drug-likeness (QED) is 0.665. The summed E-state index contributed by atoms with van der Waals surface area (Å²) in [5, 5.41) is 42.1. The van der Waals surface area contributed by atoms with Crippen LogP contribution in [0, 0.1) is 30.3 Å². The molecule has 2 aromatic rings. The SMILES string of the molecule is O=[N+]([O-])c1cc([N+](=O)[O-])c(O)c([N+](=O)[O-])c1.c1cscn1. The molecule has 0 radical (unpaired) electrons. The number of hydrogen-bond acceptors (Lipinski definition) is 9. The predicted molar refractivity (Wildman–Crippen MR) is 70.2 cm³/mol. The lowest BCUT2D eigenvalue weighted by atomic mass is 10.2. The summed E-state index contributed by atoms with van der Waals surface area (Å²) in [5.74, 6) is -1.21. The number of phenolic OH excluding ortho intramolecular Hbond substituents is 1. The van der Waals surface area contributed by atoms with Crippen molar-refractivity contribution in [2.24, 2.45) is 0 Å². The maximum atomic E-state index is 10.4. The van der Waals surface area contributed by atoms with Crippen molar-refractivity contribution in [3.05, 3.63) is 59.6 Å². The molecule has 1 aromatic carbocycles. The van der Waals surface area contributed by atoms with Gasteiger partial charge in [-0.15, -0.1) is 11.3 Å². The molecule has 0 fully saturated rings. The number of thiazole rings is 1. The van der Waals surface area contributed by atoms with E-state index < -0.39 is 37.6 Å². The van der Waals surface area contributed by atoms with Gasteiger partial charge in [0.1, 0.15) is 0 Å². The maximum Gasteiger partial charge on any atom is 0.324 e. The molecule has 12 heteroatoms. The first-order valence-corrected chi connectivity index (χ1v) is 5.91. The molecule has 0 unspecified atom stereocenters. The van der Waals surface area contributed by atoms with E-state index in [0.29, 0.717) is 12.1 Å². The van der Waals surface area contributed by atoms with Crippen molar-refractivity contribution in [1.82, 2.24) is 4.98 Å². The zero-order valence-electron chi connectivity index (χ0n) is 9.98. The number of hydrogen-bond donors (Lipinski definition) is 1. The topological polar surface area (TPSA) is 163 Å². The monoisotopic (exact) mass is 314 g/mol. The minimum absolute atomic E-state index is 0.447. The molecule has 0 bridgehead atoms. The molecule has 1 heterocycles. The Balaban J connectivity index is 0.000000369. The van der Waals surface area contributed by atoms with Gasteiger partial charge in [-0.3, -0.25) is 35.3 Å². The van der Waals surface area contributed by atoms with Crippen LogP contribution in [0.5, 0.6) is 5.75 Å². The number of nitrogens with zero attached hydrogens (tertiary/aromatic N) is 4. The molecule has 0 spiro atoms. The van der Waals surface area contributed by atoms with E-state index in [4.69, 9.17) is 5.11 Å². The molecule has 0 saturated carbocycles. The molecular weight excluding hydrogens is 308 g/mol. The Bertz CT molecular complexity index is 621. The van der Waals surface area contributed by atoms with Crippen LogP contribution < -0.4 is 0 Å². The Kier molecular flexibility index (Phi) is 5.19. The number of rotatable bonds is 3. The minimum Gasteiger partial charge on any atom is -0.497 e. The number of nitro benzene ring substituents is 3. The van der Waals surface area contributed by atoms with Crippen molar-refractivity contribution in [3.63, 3.8) is 0 Å². The lowest BCUT2D eigenvalue weighted by molar-refractivity contribution is -0.404. The second-order valence-electron chi connectivity index (χ2n) is 3.28. The highest BCUT2D eigenvalue weighted by Gasteiger charge is 2.29. The molecular formula is C9H6N4O7S. The van der Waals surface area contributed by atoms with E-state index in [1.54, 1.807) is 23.0 Å². The summed E-state index contributed by atoms with van der Waals surface area (Å²) in [6, 6.07) is 0.894. The Labute approximate surface area is 119 Å². The van der Waals surface area contributed by atoms with Crippen molar-refractivity contribution in [3.8, 4) is 5.75 Å². The zero-order valence-corrected chi connectivity index (χ0v) is 10.8. The van der Waals surface area contributed by atoms with Gasteiger partial charge in [0.25, 0.3) is 11.4 Å². The highest BCUT2D eigenvalue weighted by molar-refractivity contribution is 7.07. The fourth-order valence-electron chi connectivity index (χ4n) is 1.15. The molecule has 21 heavy (non-hydrogen) atoms. The normalized spacial score (nSPS) is 9.33. The smallest absolute Gasteiger partial charge is 0.324 e. The predicted octanol–water partition coefficient (Wildman–Crippen LogP) is 2.26. The molecule has 1 N–H and O–H groups in total. The summed E-state index contributed by atoms with van der Waals surface area (Å²) in [6.45, 7) is 0. The lowest BCUT2D eigenvalue weighted by Crippen LogP contribution is -1.97. The lowest BCUT2D eigenvalue weighted by Gasteiger charge is -1.97. The molecule has 1 aromatic heterocycles. The molecule has 2 rings (SSSR count). The summed E-state index contributed by atoms with van der Waals surface area (Å²) in [4.78, 5) is 31.5.